The molecule has 74 valence electrons. The lowest BCUT2D eigenvalue weighted by Crippen LogP contribution is -2.50. The topological polar surface area (TPSA) is 0 Å². The van der Waals surface area contributed by atoms with Gasteiger partial charge < -0.3 is 8.79 Å². The molecule has 0 aromatic carbocycles. The summed E-state index contributed by atoms with van der Waals surface area (Å²) >= 11 is 0. The predicted molar refractivity (Wildman–Crippen MR) is 57.4 cm³/mol. The van der Waals surface area contributed by atoms with Crippen molar-refractivity contribution in [3.05, 3.63) is 0 Å². The van der Waals surface area contributed by atoms with Crippen molar-refractivity contribution in [1.29, 1.82) is 0 Å². The molecule has 1 saturated carbocycles. The van der Waals surface area contributed by atoms with Gasteiger partial charge in [-0.1, -0.05) is 0 Å². The zero-order chi connectivity index (χ0) is 9.69. The zero-order valence-electron chi connectivity index (χ0n) is 9.58. The summed E-state index contributed by atoms with van der Waals surface area (Å²) in [6, 6.07) is 1.87. The summed E-state index contributed by atoms with van der Waals surface area (Å²) in [6.45, 7) is 0. The molecule has 1 heterocycles. The Morgan fingerprint density at radius 2 is 1.23 bits per heavy atom. The monoisotopic (exact) mass is 182 g/mol. The molecule has 1 aliphatic carbocycles. The molecule has 1 aliphatic heterocycles. The van der Waals surface area contributed by atoms with Gasteiger partial charge in [0.05, 0.1) is 28.2 Å². The highest BCUT2D eigenvalue weighted by Gasteiger charge is 2.58. The average Bonchev–Trinajstić information content (AvgIpc) is 2.20. The highest BCUT2D eigenvalue weighted by molar-refractivity contribution is 6.17. The minimum atomic E-state index is 0.934. The van der Waals surface area contributed by atoms with E-state index in [-0.39, 0.29) is 0 Å². The van der Waals surface area contributed by atoms with E-state index in [1.54, 1.807) is 0 Å². The molecule has 2 rings (SSSR count). The lowest BCUT2D eigenvalue weighted by Gasteiger charge is -2.35. The average molecular weight is 182 g/mol. The second kappa shape index (κ2) is 2.74. The SMILES string of the molecule is C[N+]1(C)B[N+](C)(C)C2CCCCC21. The van der Waals surface area contributed by atoms with Gasteiger partial charge in [-0.3, -0.25) is 0 Å². The van der Waals surface area contributed by atoms with Crippen LogP contribution in [0, 0.1) is 0 Å². The van der Waals surface area contributed by atoms with Crippen molar-refractivity contribution in [2.75, 3.05) is 28.2 Å². The largest absolute Gasteiger partial charge is 0.658 e. The molecule has 2 nitrogen and oxygen atoms in total. The van der Waals surface area contributed by atoms with Crippen LogP contribution in [0.4, 0.5) is 0 Å². The molecular formula is C10H23BN2+2. The van der Waals surface area contributed by atoms with Gasteiger partial charge in [0, 0.05) is 12.8 Å². The number of fused-ring (bicyclic) bond motifs is 1. The third kappa shape index (κ3) is 1.42. The first-order chi connectivity index (χ1) is 5.93. The standard InChI is InChI=1S/C10H23BN2/c1-12(2)9-7-5-6-8-10(9)13(3,4)11-12/h9-11H,5-8H2,1-4H3/q+2. The number of hydrogen-bond acceptors (Lipinski definition) is 0. The summed E-state index contributed by atoms with van der Waals surface area (Å²) in [5, 5.41) is 0. The van der Waals surface area contributed by atoms with Crippen LogP contribution in [0.15, 0.2) is 0 Å². The van der Waals surface area contributed by atoms with Crippen LogP contribution in [-0.4, -0.2) is 56.6 Å². The van der Waals surface area contributed by atoms with Crippen molar-refractivity contribution in [2.24, 2.45) is 0 Å². The van der Waals surface area contributed by atoms with E-state index in [2.05, 4.69) is 28.2 Å². The Labute approximate surface area is 83.0 Å². The Balaban J connectivity index is 2.25. The van der Waals surface area contributed by atoms with E-state index in [9.17, 15) is 0 Å². The van der Waals surface area contributed by atoms with Crippen LogP contribution in [0.2, 0.25) is 0 Å². The Bertz CT molecular complexity index is 191. The summed E-state index contributed by atoms with van der Waals surface area (Å²) in [7, 11) is 11.0. The molecule has 2 atom stereocenters. The Morgan fingerprint density at radius 1 is 0.846 bits per heavy atom. The molecular weight excluding hydrogens is 159 g/mol. The van der Waals surface area contributed by atoms with E-state index in [1.807, 2.05) is 0 Å². The second-order valence-corrected chi connectivity index (χ2v) is 6.12. The fraction of sp³-hybridized carbons (Fsp3) is 1.00. The lowest BCUT2D eigenvalue weighted by atomic mass is 9.89. The quantitative estimate of drug-likeness (QED) is 0.484. The van der Waals surface area contributed by atoms with Crippen LogP contribution in [-0.2, 0) is 0 Å². The van der Waals surface area contributed by atoms with Gasteiger partial charge in [0.25, 0.3) is 0 Å². The van der Waals surface area contributed by atoms with Crippen LogP contribution in [0.25, 0.3) is 0 Å². The summed E-state index contributed by atoms with van der Waals surface area (Å²) < 4.78 is 2.50. The maximum absolute atomic E-state index is 2.41. The Hall–Kier alpha value is -0.0151. The first-order valence-electron chi connectivity index (χ1n) is 5.59. The van der Waals surface area contributed by atoms with E-state index in [0.717, 1.165) is 12.1 Å². The normalized spacial score (nSPS) is 40.9. The minimum Gasteiger partial charge on any atom is -0.335 e. The maximum atomic E-state index is 2.41. The van der Waals surface area contributed by atoms with Gasteiger partial charge in [0.2, 0.25) is 0 Å². The van der Waals surface area contributed by atoms with Gasteiger partial charge in [-0.2, -0.15) is 0 Å². The van der Waals surface area contributed by atoms with Crippen LogP contribution >= 0.6 is 0 Å². The first-order valence-corrected chi connectivity index (χ1v) is 5.59. The highest BCUT2D eigenvalue weighted by Crippen LogP contribution is 2.37. The molecule has 2 fully saturated rings. The zero-order valence-corrected chi connectivity index (χ0v) is 9.58. The molecule has 13 heavy (non-hydrogen) atoms. The molecule has 0 spiro atoms. The van der Waals surface area contributed by atoms with Crippen LogP contribution in [0.3, 0.4) is 0 Å². The van der Waals surface area contributed by atoms with E-state index < -0.39 is 0 Å². The van der Waals surface area contributed by atoms with Crippen molar-refractivity contribution >= 4 is 7.55 Å². The fourth-order valence-corrected chi connectivity index (χ4v) is 3.87. The molecule has 1 saturated heterocycles. The number of hydrogen-bond donors (Lipinski definition) is 0. The maximum Gasteiger partial charge on any atom is 0.658 e. The molecule has 0 aromatic heterocycles. The molecule has 2 unspecified atom stereocenters. The van der Waals surface area contributed by atoms with Gasteiger partial charge in [0.1, 0.15) is 12.1 Å². The Morgan fingerprint density at radius 3 is 1.62 bits per heavy atom. The van der Waals surface area contributed by atoms with Crippen molar-refractivity contribution in [2.45, 2.75) is 37.8 Å². The molecule has 0 aromatic rings. The summed E-state index contributed by atoms with van der Waals surface area (Å²) in [5.74, 6) is 0. The van der Waals surface area contributed by atoms with Crippen molar-refractivity contribution in [3.8, 4) is 0 Å². The van der Waals surface area contributed by atoms with E-state index >= 15 is 0 Å². The fourth-order valence-electron chi connectivity index (χ4n) is 3.87. The van der Waals surface area contributed by atoms with E-state index in [1.165, 1.54) is 42.0 Å². The molecule has 0 bridgehead atoms. The van der Waals surface area contributed by atoms with E-state index in [4.69, 9.17) is 0 Å². The molecule has 2 aliphatic rings. The van der Waals surface area contributed by atoms with Gasteiger partial charge in [-0.25, -0.2) is 0 Å². The Kier molecular flexibility index (Phi) is 2.01. The van der Waals surface area contributed by atoms with Gasteiger partial charge in [-0.05, 0) is 12.8 Å². The van der Waals surface area contributed by atoms with Crippen LogP contribution in [0.1, 0.15) is 25.7 Å². The number of rotatable bonds is 0. The predicted octanol–water partition coefficient (Wildman–Crippen LogP) is 0.730. The number of quaternary nitrogens is 2. The number of likely N-dealkylation sites (N-methyl/N-ethyl adjacent to an activating group) is 2. The van der Waals surface area contributed by atoms with Crippen molar-refractivity contribution < 1.29 is 8.79 Å². The third-order valence-corrected chi connectivity index (χ3v) is 4.22. The van der Waals surface area contributed by atoms with Crippen LogP contribution in [0.5, 0.6) is 0 Å². The molecule has 3 heteroatoms. The molecule has 0 amide bonds. The van der Waals surface area contributed by atoms with Crippen molar-refractivity contribution in [3.63, 3.8) is 0 Å². The van der Waals surface area contributed by atoms with Crippen molar-refractivity contribution in [1.82, 2.24) is 0 Å². The summed E-state index contributed by atoms with van der Waals surface area (Å²) in [6.07, 6.45) is 5.84. The third-order valence-electron chi connectivity index (χ3n) is 4.22. The highest BCUT2D eigenvalue weighted by atomic mass is 15.5. The lowest BCUT2D eigenvalue weighted by molar-refractivity contribution is -0.835. The smallest absolute Gasteiger partial charge is 0.335 e. The molecule has 0 N–H and O–H groups in total. The first kappa shape index (κ1) is 9.54. The summed E-state index contributed by atoms with van der Waals surface area (Å²) in [5.41, 5.74) is 0. The van der Waals surface area contributed by atoms with Gasteiger partial charge in [0.15, 0.2) is 0 Å². The van der Waals surface area contributed by atoms with Gasteiger partial charge >= 0.3 is 7.55 Å². The second-order valence-electron chi connectivity index (χ2n) is 6.12. The van der Waals surface area contributed by atoms with Gasteiger partial charge in [-0.15, -0.1) is 0 Å². The van der Waals surface area contributed by atoms with Crippen LogP contribution < -0.4 is 0 Å². The van der Waals surface area contributed by atoms with E-state index in [0.29, 0.717) is 0 Å². The molecule has 0 radical (unpaired) electrons. The summed E-state index contributed by atoms with van der Waals surface area (Å²) in [4.78, 5) is 0. The minimum absolute atomic E-state index is 0.934. The number of nitrogens with zero attached hydrogens (tertiary/aromatic N) is 2.